The smallest absolute Gasteiger partial charge is 0.342 e. The number of carbonyl (C=O) groups excluding carboxylic acids is 2. The van der Waals surface area contributed by atoms with Crippen molar-refractivity contribution in [3.8, 4) is 5.75 Å². The first kappa shape index (κ1) is 13.2. The van der Waals surface area contributed by atoms with E-state index >= 15 is 0 Å². The summed E-state index contributed by atoms with van der Waals surface area (Å²) in [5.41, 5.74) is 0.564. The van der Waals surface area contributed by atoms with Gasteiger partial charge in [-0.2, -0.15) is 0 Å². The van der Waals surface area contributed by atoms with Crippen molar-refractivity contribution in [3.05, 3.63) is 29.3 Å². The van der Waals surface area contributed by atoms with Crippen molar-refractivity contribution in [1.82, 2.24) is 0 Å². The number of ether oxygens (including phenoxy) is 2. The van der Waals surface area contributed by atoms with Crippen LogP contribution in [-0.4, -0.2) is 25.5 Å². The van der Waals surface area contributed by atoms with Crippen LogP contribution in [0.4, 0.5) is 0 Å². The predicted molar refractivity (Wildman–Crippen MR) is 63.6 cm³/mol. The highest BCUT2D eigenvalue weighted by molar-refractivity contribution is 6.07. The van der Waals surface area contributed by atoms with Crippen LogP contribution in [0.3, 0.4) is 0 Å². The van der Waals surface area contributed by atoms with Crippen LogP contribution in [0.1, 0.15) is 41.0 Å². The molecule has 0 N–H and O–H groups in total. The van der Waals surface area contributed by atoms with E-state index in [4.69, 9.17) is 9.47 Å². The highest BCUT2D eigenvalue weighted by Crippen LogP contribution is 2.24. The quantitative estimate of drug-likeness (QED) is 0.582. The predicted octanol–water partition coefficient (Wildman–Crippen LogP) is 2.46. The van der Waals surface area contributed by atoms with Gasteiger partial charge in [-0.25, -0.2) is 4.79 Å². The summed E-state index contributed by atoms with van der Waals surface area (Å²) >= 11 is 0. The van der Waals surface area contributed by atoms with Crippen molar-refractivity contribution >= 4 is 11.8 Å². The van der Waals surface area contributed by atoms with Crippen molar-refractivity contribution in [2.45, 2.75) is 20.3 Å². The normalized spacial score (nSPS) is 9.82. The molecule has 0 amide bonds. The Balaban J connectivity index is 3.30. The Morgan fingerprint density at radius 1 is 1.24 bits per heavy atom. The van der Waals surface area contributed by atoms with Gasteiger partial charge < -0.3 is 9.47 Å². The Bertz CT molecular complexity index is 423. The Hall–Kier alpha value is -1.84. The fourth-order valence-corrected chi connectivity index (χ4v) is 1.54. The SMILES string of the molecule is CCOC(=O)c1c(OC)cccc1C(=O)CC. The molecule has 0 aromatic heterocycles. The first-order valence-corrected chi connectivity index (χ1v) is 5.53. The van der Waals surface area contributed by atoms with Crippen LogP contribution in [0.5, 0.6) is 5.75 Å². The first-order chi connectivity index (χ1) is 8.15. The van der Waals surface area contributed by atoms with E-state index in [0.717, 1.165) is 0 Å². The van der Waals surface area contributed by atoms with Crippen molar-refractivity contribution in [2.24, 2.45) is 0 Å². The molecular formula is C13H16O4. The number of ketones is 1. The summed E-state index contributed by atoms with van der Waals surface area (Å²) in [4.78, 5) is 23.6. The summed E-state index contributed by atoms with van der Waals surface area (Å²) in [6.07, 6.45) is 0.333. The largest absolute Gasteiger partial charge is 0.496 e. The fourth-order valence-electron chi connectivity index (χ4n) is 1.54. The highest BCUT2D eigenvalue weighted by atomic mass is 16.5. The number of rotatable bonds is 5. The summed E-state index contributed by atoms with van der Waals surface area (Å²) in [5.74, 6) is -0.267. The highest BCUT2D eigenvalue weighted by Gasteiger charge is 2.21. The molecule has 0 saturated heterocycles. The molecule has 0 heterocycles. The second-order valence-electron chi connectivity index (χ2n) is 3.38. The molecule has 0 aliphatic heterocycles. The minimum absolute atomic E-state index is 0.105. The van der Waals surface area contributed by atoms with E-state index in [-0.39, 0.29) is 18.0 Å². The van der Waals surface area contributed by atoms with Crippen molar-refractivity contribution in [2.75, 3.05) is 13.7 Å². The van der Waals surface area contributed by atoms with Crippen molar-refractivity contribution < 1.29 is 19.1 Å². The number of hydrogen-bond donors (Lipinski definition) is 0. The molecule has 1 rings (SSSR count). The maximum atomic E-state index is 11.8. The molecule has 0 bridgehead atoms. The topological polar surface area (TPSA) is 52.6 Å². The average molecular weight is 236 g/mol. The number of esters is 1. The Morgan fingerprint density at radius 3 is 2.47 bits per heavy atom. The third-order valence-corrected chi connectivity index (χ3v) is 2.35. The second-order valence-corrected chi connectivity index (χ2v) is 3.38. The molecule has 1 aromatic carbocycles. The lowest BCUT2D eigenvalue weighted by Gasteiger charge is -2.11. The summed E-state index contributed by atoms with van der Waals surface area (Å²) in [6, 6.07) is 4.93. The van der Waals surface area contributed by atoms with E-state index in [1.165, 1.54) is 7.11 Å². The second kappa shape index (κ2) is 6.03. The van der Waals surface area contributed by atoms with E-state index in [9.17, 15) is 9.59 Å². The lowest BCUT2D eigenvalue weighted by atomic mass is 10.0. The van der Waals surface area contributed by atoms with Gasteiger partial charge in [-0.05, 0) is 13.0 Å². The van der Waals surface area contributed by atoms with Gasteiger partial charge in [-0.3, -0.25) is 4.79 Å². The van der Waals surface area contributed by atoms with Gasteiger partial charge in [0.05, 0.1) is 13.7 Å². The summed E-state index contributed by atoms with van der Waals surface area (Å²) < 4.78 is 10.0. The van der Waals surface area contributed by atoms with Gasteiger partial charge in [0.2, 0.25) is 0 Å². The minimum atomic E-state index is -0.526. The molecule has 0 radical (unpaired) electrons. The van der Waals surface area contributed by atoms with E-state index in [2.05, 4.69) is 0 Å². The van der Waals surface area contributed by atoms with Crippen LogP contribution >= 0.6 is 0 Å². The Morgan fingerprint density at radius 2 is 1.94 bits per heavy atom. The molecule has 92 valence electrons. The lowest BCUT2D eigenvalue weighted by Crippen LogP contribution is -2.13. The van der Waals surface area contributed by atoms with Crippen molar-refractivity contribution in [3.63, 3.8) is 0 Å². The van der Waals surface area contributed by atoms with Gasteiger partial charge in [-0.15, -0.1) is 0 Å². The molecular weight excluding hydrogens is 220 g/mol. The molecule has 0 atom stereocenters. The summed E-state index contributed by atoms with van der Waals surface area (Å²) in [5, 5.41) is 0. The maximum absolute atomic E-state index is 11.8. The van der Waals surface area contributed by atoms with Crippen LogP contribution in [0.15, 0.2) is 18.2 Å². The molecule has 0 fully saturated rings. The summed E-state index contributed by atoms with van der Waals surface area (Å²) in [7, 11) is 1.46. The third kappa shape index (κ3) is 2.84. The van der Waals surface area contributed by atoms with Gasteiger partial charge in [0, 0.05) is 12.0 Å². The van der Waals surface area contributed by atoms with E-state index in [0.29, 0.717) is 17.7 Å². The van der Waals surface area contributed by atoms with Crippen LogP contribution in [0, 0.1) is 0 Å². The molecule has 0 saturated carbocycles. The monoisotopic (exact) mass is 236 g/mol. The zero-order chi connectivity index (χ0) is 12.8. The Kier molecular flexibility index (Phi) is 4.69. The molecule has 0 aliphatic carbocycles. The molecule has 4 nitrogen and oxygen atoms in total. The van der Waals surface area contributed by atoms with Crippen LogP contribution < -0.4 is 4.74 Å². The average Bonchev–Trinajstić information content (AvgIpc) is 2.37. The first-order valence-electron chi connectivity index (χ1n) is 5.53. The van der Waals surface area contributed by atoms with Crippen molar-refractivity contribution in [1.29, 1.82) is 0 Å². The number of hydrogen-bond acceptors (Lipinski definition) is 4. The van der Waals surface area contributed by atoms with Crippen LogP contribution in [0.2, 0.25) is 0 Å². The number of benzene rings is 1. The maximum Gasteiger partial charge on any atom is 0.342 e. The van der Waals surface area contributed by atoms with Gasteiger partial charge in [-0.1, -0.05) is 19.1 Å². The van der Waals surface area contributed by atoms with Gasteiger partial charge >= 0.3 is 5.97 Å². The molecule has 0 spiro atoms. The molecule has 0 aliphatic rings. The van der Waals surface area contributed by atoms with Crippen LogP contribution in [-0.2, 0) is 4.74 Å². The third-order valence-electron chi connectivity index (χ3n) is 2.35. The number of Topliss-reactive ketones (excluding diaryl/α,β-unsaturated/α-hetero) is 1. The molecule has 17 heavy (non-hydrogen) atoms. The number of carbonyl (C=O) groups is 2. The number of methoxy groups -OCH3 is 1. The zero-order valence-corrected chi connectivity index (χ0v) is 10.3. The Labute approximate surface area is 101 Å². The van der Waals surface area contributed by atoms with Gasteiger partial charge in [0.1, 0.15) is 11.3 Å². The fraction of sp³-hybridized carbons (Fsp3) is 0.385. The summed E-state index contributed by atoms with van der Waals surface area (Å²) in [6.45, 7) is 3.72. The van der Waals surface area contributed by atoms with E-state index in [1.54, 1.807) is 32.0 Å². The van der Waals surface area contributed by atoms with E-state index in [1.807, 2.05) is 0 Å². The molecule has 0 unspecified atom stereocenters. The van der Waals surface area contributed by atoms with Crippen LogP contribution in [0.25, 0.3) is 0 Å². The lowest BCUT2D eigenvalue weighted by molar-refractivity contribution is 0.0519. The van der Waals surface area contributed by atoms with Gasteiger partial charge in [0.15, 0.2) is 5.78 Å². The van der Waals surface area contributed by atoms with E-state index < -0.39 is 5.97 Å². The molecule has 1 aromatic rings. The zero-order valence-electron chi connectivity index (χ0n) is 10.3. The standard InChI is InChI=1S/C13H16O4/c1-4-10(14)9-7-6-8-11(16-3)12(9)13(15)17-5-2/h6-8H,4-5H2,1-3H3. The van der Waals surface area contributed by atoms with Gasteiger partial charge in [0.25, 0.3) is 0 Å². The minimum Gasteiger partial charge on any atom is -0.496 e. The molecule has 4 heteroatoms.